The van der Waals surface area contributed by atoms with E-state index in [-0.39, 0.29) is 11.7 Å². The lowest BCUT2D eigenvalue weighted by atomic mass is 10.1. The number of thioether (sulfide) groups is 1. The van der Waals surface area contributed by atoms with Gasteiger partial charge in [0.15, 0.2) is 0 Å². The first-order chi connectivity index (χ1) is 10.9. The zero-order valence-electron chi connectivity index (χ0n) is 12.5. The second-order valence-corrected chi connectivity index (χ2v) is 7.04. The lowest BCUT2D eigenvalue weighted by molar-refractivity contribution is -0.137. The van der Waals surface area contributed by atoms with Crippen molar-refractivity contribution in [2.45, 2.75) is 18.5 Å². The summed E-state index contributed by atoms with van der Waals surface area (Å²) in [6, 6.07) is 9.11. The minimum Gasteiger partial charge on any atom is -0.340 e. The molecule has 0 aliphatic heterocycles. The largest absolute Gasteiger partial charge is 0.416 e. The average Bonchev–Trinajstić information content (AvgIpc) is 2.99. The summed E-state index contributed by atoms with van der Waals surface area (Å²) in [5.41, 5.74) is -0.0877. The Labute approximate surface area is 141 Å². The van der Waals surface area contributed by atoms with Crippen molar-refractivity contribution >= 4 is 29.0 Å². The van der Waals surface area contributed by atoms with Gasteiger partial charge in [0, 0.05) is 17.7 Å². The molecule has 0 spiro atoms. The summed E-state index contributed by atoms with van der Waals surface area (Å²) in [6.45, 7) is 0.556. The van der Waals surface area contributed by atoms with Gasteiger partial charge >= 0.3 is 6.18 Å². The molecule has 0 saturated carbocycles. The van der Waals surface area contributed by atoms with Gasteiger partial charge in [-0.05, 0) is 23.1 Å². The fraction of sp³-hybridized carbons (Fsp3) is 0.312. The quantitative estimate of drug-likeness (QED) is 0.748. The van der Waals surface area contributed by atoms with Crippen molar-refractivity contribution in [3.8, 4) is 0 Å². The van der Waals surface area contributed by atoms with E-state index in [1.165, 1.54) is 17.8 Å². The first-order valence-electron chi connectivity index (χ1n) is 6.86. The van der Waals surface area contributed by atoms with Crippen LogP contribution in [0.15, 0.2) is 41.8 Å². The molecule has 2 aromatic rings. The zero-order chi connectivity index (χ0) is 16.9. The fourth-order valence-electron chi connectivity index (χ4n) is 1.93. The van der Waals surface area contributed by atoms with Gasteiger partial charge in [-0.1, -0.05) is 24.3 Å². The summed E-state index contributed by atoms with van der Waals surface area (Å²) in [4.78, 5) is 14.7. The van der Waals surface area contributed by atoms with Crippen LogP contribution in [0.3, 0.4) is 0 Å². The Hall–Kier alpha value is -1.47. The van der Waals surface area contributed by atoms with E-state index in [0.29, 0.717) is 17.9 Å². The highest BCUT2D eigenvalue weighted by atomic mass is 32.2. The molecule has 0 saturated heterocycles. The summed E-state index contributed by atoms with van der Waals surface area (Å²) in [5.74, 6) is 0.594. The molecular weight excluding hydrogens is 343 g/mol. The Balaban J connectivity index is 1.81. The number of carbonyl (C=O) groups is 1. The van der Waals surface area contributed by atoms with Crippen molar-refractivity contribution in [3.05, 3.63) is 57.8 Å². The highest BCUT2D eigenvalue weighted by Gasteiger charge is 2.30. The van der Waals surface area contributed by atoms with Crippen LogP contribution in [-0.4, -0.2) is 23.6 Å². The molecular formula is C16H16F3NOS2. The van der Waals surface area contributed by atoms with Gasteiger partial charge < -0.3 is 4.90 Å². The Kier molecular flexibility index (Phi) is 6.12. The average molecular weight is 359 g/mol. The smallest absolute Gasteiger partial charge is 0.340 e. The third-order valence-corrected chi connectivity index (χ3v) is 5.00. The molecule has 0 atom stereocenters. The SMILES string of the molecule is CN(Cc1cccs1)C(=O)CSCc1cccc(C(F)(F)F)c1. The Morgan fingerprint density at radius 2 is 2.04 bits per heavy atom. The van der Waals surface area contributed by atoms with Gasteiger partial charge in [-0.15, -0.1) is 23.1 Å². The van der Waals surface area contributed by atoms with Crippen LogP contribution >= 0.6 is 23.1 Å². The summed E-state index contributed by atoms with van der Waals surface area (Å²) >= 11 is 2.91. The topological polar surface area (TPSA) is 20.3 Å². The van der Waals surface area contributed by atoms with Gasteiger partial charge in [0.1, 0.15) is 0 Å². The molecule has 2 nitrogen and oxygen atoms in total. The minimum atomic E-state index is -4.34. The predicted molar refractivity (Wildman–Crippen MR) is 88.4 cm³/mol. The van der Waals surface area contributed by atoms with E-state index in [4.69, 9.17) is 0 Å². The number of carbonyl (C=O) groups excluding carboxylic acids is 1. The van der Waals surface area contributed by atoms with Gasteiger partial charge in [0.25, 0.3) is 0 Å². The molecule has 1 aromatic heterocycles. The standard InChI is InChI=1S/C16H16F3NOS2/c1-20(9-14-6-3-7-23-14)15(21)11-22-10-12-4-2-5-13(8-12)16(17,18)19/h2-8H,9-11H2,1H3. The van der Waals surface area contributed by atoms with E-state index in [1.54, 1.807) is 29.4 Å². The number of thiophene rings is 1. The molecule has 0 aliphatic carbocycles. The number of alkyl halides is 3. The van der Waals surface area contributed by atoms with Gasteiger partial charge in [-0.3, -0.25) is 4.79 Å². The molecule has 0 radical (unpaired) electrons. The van der Waals surface area contributed by atoms with Crippen LogP contribution in [0.25, 0.3) is 0 Å². The number of benzene rings is 1. The molecule has 1 aromatic carbocycles. The van der Waals surface area contributed by atoms with E-state index in [1.807, 2.05) is 17.5 Å². The van der Waals surface area contributed by atoms with Crippen LogP contribution < -0.4 is 0 Å². The van der Waals surface area contributed by atoms with Crippen LogP contribution in [0, 0.1) is 0 Å². The molecule has 0 fully saturated rings. The van der Waals surface area contributed by atoms with Crippen molar-refractivity contribution in [2.75, 3.05) is 12.8 Å². The molecule has 1 amide bonds. The number of hydrogen-bond acceptors (Lipinski definition) is 3. The summed E-state index contributed by atoms with van der Waals surface area (Å²) in [6.07, 6.45) is -4.34. The van der Waals surface area contributed by atoms with E-state index < -0.39 is 11.7 Å². The van der Waals surface area contributed by atoms with E-state index >= 15 is 0 Å². The Bertz CT molecular complexity index is 641. The number of amides is 1. The Morgan fingerprint density at radius 1 is 1.26 bits per heavy atom. The van der Waals surface area contributed by atoms with Crippen molar-refractivity contribution in [2.24, 2.45) is 0 Å². The molecule has 0 bridgehead atoms. The molecule has 23 heavy (non-hydrogen) atoms. The van der Waals surface area contributed by atoms with Crippen molar-refractivity contribution in [1.29, 1.82) is 0 Å². The van der Waals surface area contributed by atoms with E-state index in [2.05, 4.69) is 0 Å². The maximum Gasteiger partial charge on any atom is 0.416 e. The predicted octanol–water partition coefficient (Wildman–Crippen LogP) is 4.66. The molecule has 124 valence electrons. The summed E-state index contributed by atoms with van der Waals surface area (Å²) in [7, 11) is 1.73. The lowest BCUT2D eigenvalue weighted by Gasteiger charge is -2.16. The maximum absolute atomic E-state index is 12.6. The second-order valence-electron chi connectivity index (χ2n) is 5.02. The van der Waals surface area contributed by atoms with E-state index in [0.717, 1.165) is 17.0 Å². The molecule has 0 N–H and O–H groups in total. The minimum absolute atomic E-state index is 0.0321. The van der Waals surface area contributed by atoms with Crippen molar-refractivity contribution < 1.29 is 18.0 Å². The number of hydrogen-bond donors (Lipinski definition) is 0. The van der Waals surface area contributed by atoms with E-state index in [9.17, 15) is 18.0 Å². The second kappa shape index (κ2) is 7.88. The Morgan fingerprint density at radius 3 is 2.70 bits per heavy atom. The van der Waals surface area contributed by atoms with Crippen LogP contribution in [0.2, 0.25) is 0 Å². The first-order valence-corrected chi connectivity index (χ1v) is 8.90. The van der Waals surface area contributed by atoms with Crippen molar-refractivity contribution in [1.82, 2.24) is 4.90 Å². The molecule has 1 heterocycles. The van der Waals surface area contributed by atoms with Crippen LogP contribution in [0.5, 0.6) is 0 Å². The molecule has 2 rings (SSSR count). The maximum atomic E-state index is 12.6. The lowest BCUT2D eigenvalue weighted by Crippen LogP contribution is -2.27. The fourth-order valence-corrected chi connectivity index (χ4v) is 3.60. The zero-order valence-corrected chi connectivity index (χ0v) is 14.1. The highest BCUT2D eigenvalue weighted by Crippen LogP contribution is 2.30. The molecule has 0 aliphatic rings. The number of nitrogens with zero attached hydrogens (tertiary/aromatic N) is 1. The normalized spacial score (nSPS) is 11.5. The van der Waals surface area contributed by atoms with Gasteiger partial charge in [0.05, 0.1) is 17.9 Å². The first kappa shape index (κ1) is 17.9. The van der Waals surface area contributed by atoms with Gasteiger partial charge in [-0.25, -0.2) is 0 Å². The third-order valence-electron chi connectivity index (χ3n) is 3.15. The van der Waals surface area contributed by atoms with Crippen LogP contribution in [0.4, 0.5) is 13.2 Å². The third kappa shape index (κ3) is 5.58. The highest BCUT2D eigenvalue weighted by molar-refractivity contribution is 7.99. The van der Waals surface area contributed by atoms with Crippen LogP contribution in [-0.2, 0) is 23.3 Å². The summed E-state index contributed by atoms with van der Waals surface area (Å²) in [5, 5.41) is 1.95. The van der Waals surface area contributed by atoms with Crippen LogP contribution in [0.1, 0.15) is 16.0 Å². The number of halogens is 3. The monoisotopic (exact) mass is 359 g/mol. The summed E-state index contributed by atoms with van der Waals surface area (Å²) < 4.78 is 37.9. The van der Waals surface area contributed by atoms with Gasteiger partial charge in [-0.2, -0.15) is 13.2 Å². The number of rotatable bonds is 6. The molecule has 0 unspecified atom stereocenters. The van der Waals surface area contributed by atoms with Gasteiger partial charge in [0.2, 0.25) is 5.91 Å². The van der Waals surface area contributed by atoms with Crippen molar-refractivity contribution in [3.63, 3.8) is 0 Å². The molecule has 7 heteroatoms.